The topological polar surface area (TPSA) is 63.6 Å². The predicted molar refractivity (Wildman–Crippen MR) is 70.2 cm³/mol. The fourth-order valence-electron chi connectivity index (χ4n) is 3.24. The zero-order valence-corrected chi connectivity index (χ0v) is 11.9. The molecule has 0 aromatic carbocycles. The van der Waals surface area contributed by atoms with E-state index >= 15 is 0 Å². The third-order valence-electron chi connectivity index (χ3n) is 4.53. The summed E-state index contributed by atoms with van der Waals surface area (Å²) >= 11 is 0. The monoisotopic (exact) mass is 276 g/mol. The second-order valence-corrected chi connectivity index (χ2v) is 8.17. The van der Waals surface area contributed by atoms with E-state index in [4.69, 9.17) is 4.74 Å². The SMILES string of the molecule is COC1CCC(S(=O)(=O)C2CCC(O)CC2)CC1. The highest BCUT2D eigenvalue weighted by Gasteiger charge is 2.38. The Morgan fingerprint density at radius 3 is 1.78 bits per heavy atom. The van der Waals surface area contributed by atoms with Crippen LogP contribution in [0.5, 0.6) is 0 Å². The molecule has 0 amide bonds. The van der Waals surface area contributed by atoms with Gasteiger partial charge in [-0.3, -0.25) is 0 Å². The van der Waals surface area contributed by atoms with Gasteiger partial charge in [0.05, 0.1) is 22.7 Å². The van der Waals surface area contributed by atoms with Gasteiger partial charge in [0.25, 0.3) is 0 Å². The number of methoxy groups -OCH3 is 1. The lowest BCUT2D eigenvalue weighted by Gasteiger charge is -2.32. The number of hydrogen-bond acceptors (Lipinski definition) is 4. The first-order chi connectivity index (χ1) is 8.54. The molecule has 2 aliphatic carbocycles. The molecule has 0 bridgehead atoms. The van der Waals surface area contributed by atoms with Crippen LogP contribution in [-0.4, -0.2) is 43.3 Å². The maximum Gasteiger partial charge on any atom is 0.156 e. The molecule has 0 atom stereocenters. The van der Waals surface area contributed by atoms with Gasteiger partial charge in [0.2, 0.25) is 0 Å². The lowest BCUT2D eigenvalue weighted by atomic mass is 9.97. The molecule has 0 saturated heterocycles. The minimum atomic E-state index is -3.01. The summed E-state index contributed by atoms with van der Waals surface area (Å²) < 4.78 is 30.3. The van der Waals surface area contributed by atoms with Gasteiger partial charge in [-0.25, -0.2) is 8.42 Å². The van der Waals surface area contributed by atoms with Crippen LogP contribution in [0.1, 0.15) is 51.4 Å². The van der Waals surface area contributed by atoms with Crippen LogP contribution in [0, 0.1) is 0 Å². The predicted octanol–water partition coefficient (Wildman–Crippen LogP) is 1.66. The highest BCUT2D eigenvalue weighted by atomic mass is 32.2. The molecule has 2 aliphatic rings. The van der Waals surface area contributed by atoms with Crippen molar-refractivity contribution < 1.29 is 18.3 Å². The largest absolute Gasteiger partial charge is 0.393 e. The zero-order chi connectivity index (χ0) is 13.2. The number of hydrogen-bond donors (Lipinski definition) is 1. The highest BCUT2D eigenvalue weighted by molar-refractivity contribution is 7.92. The van der Waals surface area contributed by atoms with E-state index in [9.17, 15) is 13.5 Å². The van der Waals surface area contributed by atoms with Crippen molar-refractivity contribution in [2.75, 3.05) is 7.11 Å². The first kappa shape index (κ1) is 14.3. The quantitative estimate of drug-likeness (QED) is 0.851. The van der Waals surface area contributed by atoms with E-state index in [1.165, 1.54) is 0 Å². The molecule has 5 heteroatoms. The summed E-state index contributed by atoms with van der Waals surface area (Å²) in [5.41, 5.74) is 0. The molecular formula is C13H24O4S. The molecule has 0 spiro atoms. The Labute approximate surface area is 110 Å². The molecule has 0 radical (unpaired) electrons. The first-order valence-corrected chi connectivity index (χ1v) is 8.58. The summed E-state index contributed by atoms with van der Waals surface area (Å²) in [7, 11) is -1.31. The van der Waals surface area contributed by atoms with Gasteiger partial charge in [-0.1, -0.05) is 0 Å². The normalized spacial score (nSPS) is 38.6. The maximum atomic E-state index is 12.5. The summed E-state index contributed by atoms with van der Waals surface area (Å²) in [6.07, 6.45) is 5.67. The van der Waals surface area contributed by atoms with Crippen LogP contribution < -0.4 is 0 Å². The molecule has 106 valence electrons. The Kier molecular flexibility index (Phi) is 4.67. The van der Waals surface area contributed by atoms with Crippen LogP contribution in [0.15, 0.2) is 0 Å². The van der Waals surface area contributed by atoms with E-state index in [-0.39, 0.29) is 22.7 Å². The van der Waals surface area contributed by atoms with E-state index in [1.807, 2.05) is 0 Å². The van der Waals surface area contributed by atoms with Crippen LogP contribution in [-0.2, 0) is 14.6 Å². The van der Waals surface area contributed by atoms with Crippen molar-refractivity contribution in [3.63, 3.8) is 0 Å². The van der Waals surface area contributed by atoms with E-state index in [1.54, 1.807) is 7.11 Å². The fourth-order valence-corrected chi connectivity index (χ4v) is 5.65. The molecule has 4 nitrogen and oxygen atoms in total. The van der Waals surface area contributed by atoms with Gasteiger partial charge in [0.15, 0.2) is 9.84 Å². The van der Waals surface area contributed by atoms with Crippen LogP contribution in [0.25, 0.3) is 0 Å². The smallest absolute Gasteiger partial charge is 0.156 e. The molecule has 2 fully saturated rings. The minimum absolute atomic E-state index is 0.177. The third-order valence-corrected chi connectivity index (χ3v) is 7.33. The van der Waals surface area contributed by atoms with Gasteiger partial charge in [0, 0.05) is 7.11 Å². The van der Waals surface area contributed by atoms with Crippen LogP contribution >= 0.6 is 0 Å². The Bertz CT molecular complexity index is 349. The Balaban J connectivity index is 1.95. The van der Waals surface area contributed by atoms with Crippen molar-refractivity contribution in [3.8, 4) is 0 Å². The second-order valence-electron chi connectivity index (χ2n) is 5.65. The fraction of sp³-hybridized carbons (Fsp3) is 1.00. The van der Waals surface area contributed by atoms with Gasteiger partial charge < -0.3 is 9.84 Å². The summed E-state index contributed by atoms with van der Waals surface area (Å²) in [4.78, 5) is 0. The molecule has 0 aliphatic heterocycles. The summed E-state index contributed by atoms with van der Waals surface area (Å²) in [6.45, 7) is 0. The highest BCUT2D eigenvalue weighted by Crippen LogP contribution is 2.33. The van der Waals surface area contributed by atoms with Gasteiger partial charge in [-0.2, -0.15) is 0 Å². The van der Waals surface area contributed by atoms with Crippen molar-refractivity contribution in [1.29, 1.82) is 0 Å². The Morgan fingerprint density at radius 2 is 1.33 bits per heavy atom. The molecule has 0 aromatic rings. The zero-order valence-electron chi connectivity index (χ0n) is 11.0. The Hall–Kier alpha value is -0.130. The Morgan fingerprint density at radius 1 is 0.889 bits per heavy atom. The van der Waals surface area contributed by atoms with Crippen molar-refractivity contribution in [3.05, 3.63) is 0 Å². The summed E-state index contributed by atoms with van der Waals surface area (Å²) in [5, 5.41) is 9.06. The molecule has 2 saturated carbocycles. The maximum absolute atomic E-state index is 12.5. The molecule has 0 unspecified atom stereocenters. The first-order valence-electron chi connectivity index (χ1n) is 6.97. The number of aliphatic hydroxyl groups is 1. The standard InChI is InChI=1S/C13H24O4S/c1-17-11-4-8-13(9-5-11)18(15,16)12-6-2-10(14)3-7-12/h10-14H,2-9H2,1H3. The summed E-state index contributed by atoms with van der Waals surface area (Å²) in [5.74, 6) is 0. The molecular weight excluding hydrogens is 252 g/mol. The number of rotatable bonds is 3. The number of ether oxygens (including phenoxy) is 1. The minimum Gasteiger partial charge on any atom is -0.393 e. The van der Waals surface area contributed by atoms with Crippen LogP contribution in [0.4, 0.5) is 0 Å². The van der Waals surface area contributed by atoms with E-state index in [0.717, 1.165) is 25.7 Å². The summed E-state index contributed by atoms with van der Waals surface area (Å²) in [6, 6.07) is 0. The van der Waals surface area contributed by atoms with Gasteiger partial charge in [-0.15, -0.1) is 0 Å². The average molecular weight is 276 g/mol. The van der Waals surface area contributed by atoms with Crippen molar-refractivity contribution in [2.45, 2.75) is 74.1 Å². The average Bonchev–Trinajstić information content (AvgIpc) is 2.39. The van der Waals surface area contributed by atoms with Gasteiger partial charge in [0.1, 0.15) is 0 Å². The molecule has 0 heterocycles. The van der Waals surface area contributed by atoms with Crippen molar-refractivity contribution in [1.82, 2.24) is 0 Å². The lowest BCUT2D eigenvalue weighted by molar-refractivity contribution is 0.0715. The third kappa shape index (κ3) is 3.06. The van der Waals surface area contributed by atoms with Crippen molar-refractivity contribution in [2.24, 2.45) is 0 Å². The van der Waals surface area contributed by atoms with Gasteiger partial charge in [-0.05, 0) is 51.4 Å². The molecule has 1 N–H and O–H groups in total. The van der Waals surface area contributed by atoms with E-state index in [0.29, 0.717) is 25.7 Å². The van der Waals surface area contributed by atoms with E-state index in [2.05, 4.69) is 0 Å². The van der Waals surface area contributed by atoms with E-state index < -0.39 is 9.84 Å². The molecule has 0 aromatic heterocycles. The van der Waals surface area contributed by atoms with Gasteiger partial charge >= 0.3 is 0 Å². The van der Waals surface area contributed by atoms with Crippen LogP contribution in [0.2, 0.25) is 0 Å². The number of aliphatic hydroxyl groups excluding tert-OH is 1. The van der Waals surface area contributed by atoms with Crippen LogP contribution in [0.3, 0.4) is 0 Å². The molecule has 18 heavy (non-hydrogen) atoms. The van der Waals surface area contributed by atoms with Crippen molar-refractivity contribution >= 4 is 9.84 Å². The molecule has 2 rings (SSSR count). The lowest BCUT2D eigenvalue weighted by Crippen LogP contribution is -2.38. The number of sulfone groups is 1. The second kappa shape index (κ2) is 5.88.